The Bertz CT molecular complexity index is 979. The summed E-state index contributed by atoms with van der Waals surface area (Å²) in [5.41, 5.74) is 0.668. The van der Waals surface area contributed by atoms with E-state index in [-0.39, 0.29) is 29.8 Å². The van der Waals surface area contributed by atoms with Crippen molar-refractivity contribution < 1.29 is 23.6 Å². The summed E-state index contributed by atoms with van der Waals surface area (Å²) in [4.78, 5) is 49.4. The predicted molar refractivity (Wildman–Crippen MR) is 101 cm³/mol. The molecular formula is C19H15BrFN3O4. The van der Waals surface area contributed by atoms with E-state index < -0.39 is 36.0 Å². The Kier molecular flexibility index (Phi) is 5.84. The first-order valence-corrected chi connectivity index (χ1v) is 9.12. The highest BCUT2D eigenvalue weighted by Gasteiger charge is 2.36. The quantitative estimate of drug-likeness (QED) is 0.520. The molecule has 144 valence electrons. The molecule has 0 unspecified atom stereocenters. The van der Waals surface area contributed by atoms with Gasteiger partial charge in [-0.2, -0.15) is 0 Å². The monoisotopic (exact) mass is 447 g/mol. The maximum atomic E-state index is 13.1. The van der Waals surface area contributed by atoms with E-state index >= 15 is 0 Å². The molecule has 0 radical (unpaired) electrons. The van der Waals surface area contributed by atoms with Gasteiger partial charge in [0.1, 0.15) is 12.4 Å². The number of benzene rings is 2. The zero-order valence-corrected chi connectivity index (χ0v) is 16.1. The Morgan fingerprint density at radius 1 is 0.964 bits per heavy atom. The molecule has 1 heterocycles. The van der Waals surface area contributed by atoms with Crippen molar-refractivity contribution in [3.05, 3.63) is 69.4 Å². The fourth-order valence-corrected chi connectivity index (χ4v) is 3.08. The summed E-state index contributed by atoms with van der Waals surface area (Å²) in [6.45, 7) is -0.216. The van der Waals surface area contributed by atoms with Crippen molar-refractivity contribution in [3.8, 4) is 0 Å². The smallest absolute Gasteiger partial charge is 0.262 e. The summed E-state index contributed by atoms with van der Waals surface area (Å²) in [7, 11) is 0. The van der Waals surface area contributed by atoms with Crippen LogP contribution in [0.3, 0.4) is 0 Å². The Balaban J connectivity index is 1.47. The molecule has 0 fully saturated rings. The first-order valence-electron chi connectivity index (χ1n) is 8.33. The Morgan fingerprint density at radius 3 is 2.43 bits per heavy atom. The summed E-state index contributed by atoms with van der Waals surface area (Å²) in [6, 6.07) is 9.94. The lowest BCUT2D eigenvalue weighted by Gasteiger charge is -2.13. The lowest BCUT2D eigenvalue weighted by molar-refractivity contribution is -0.121. The topological polar surface area (TPSA) is 95.6 Å². The molecule has 2 aromatic rings. The van der Waals surface area contributed by atoms with Crippen molar-refractivity contribution >= 4 is 39.6 Å². The highest BCUT2D eigenvalue weighted by atomic mass is 79.9. The number of halogens is 2. The molecule has 1 aliphatic rings. The van der Waals surface area contributed by atoms with Crippen LogP contribution in [0.5, 0.6) is 0 Å². The van der Waals surface area contributed by atoms with Gasteiger partial charge >= 0.3 is 0 Å². The average Bonchev–Trinajstić information content (AvgIpc) is 2.89. The summed E-state index contributed by atoms with van der Waals surface area (Å²) >= 11 is 3.24. The molecule has 7 nitrogen and oxygen atoms in total. The van der Waals surface area contributed by atoms with Gasteiger partial charge in [-0.1, -0.05) is 22.0 Å². The normalized spacial score (nSPS) is 12.7. The van der Waals surface area contributed by atoms with Gasteiger partial charge in [-0.15, -0.1) is 0 Å². The third-order valence-corrected chi connectivity index (χ3v) is 4.55. The number of hydrogen-bond acceptors (Lipinski definition) is 4. The molecule has 28 heavy (non-hydrogen) atoms. The molecule has 3 rings (SSSR count). The van der Waals surface area contributed by atoms with Gasteiger partial charge in [0.2, 0.25) is 5.91 Å². The average molecular weight is 448 g/mol. The van der Waals surface area contributed by atoms with E-state index in [1.807, 2.05) is 0 Å². The fraction of sp³-hybridized carbons (Fsp3) is 0.158. The van der Waals surface area contributed by atoms with Crippen LogP contribution in [0.1, 0.15) is 31.1 Å². The van der Waals surface area contributed by atoms with Crippen molar-refractivity contribution in [1.29, 1.82) is 0 Å². The number of nitrogens with zero attached hydrogens (tertiary/aromatic N) is 1. The number of fused-ring (bicyclic) bond motifs is 1. The number of carbonyl (C=O) groups is 4. The highest BCUT2D eigenvalue weighted by molar-refractivity contribution is 9.10. The van der Waals surface area contributed by atoms with Crippen molar-refractivity contribution in [1.82, 2.24) is 15.5 Å². The lowest BCUT2D eigenvalue weighted by atomic mass is 10.1. The van der Waals surface area contributed by atoms with Crippen LogP contribution in [0.2, 0.25) is 0 Å². The molecule has 2 aromatic carbocycles. The van der Waals surface area contributed by atoms with Crippen molar-refractivity contribution in [2.24, 2.45) is 0 Å². The van der Waals surface area contributed by atoms with Crippen LogP contribution in [0.25, 0.3) is 0 Å². The van der Waals surface area contributed by atoms with Crippen molar-refractivity contribution in [2.45, 2.75) is 0 Å². The molecule has 0 spiro atoms. The first-order chi connectivity index (χ1) is 13.4. The number of hydrogen-bond donors (Lipinski definition) is 2. The molecule has 0 saturated heterocycles. The standard InChI is InChI=1S/C19H15BrFN3O4/c20-12-4-5-14-15(9-12)19(28)24(18(14)27)10-16(25)22-6-7-23-17(26)11-2-1-3-13(21)8-11/h1-5,8-9H,6-7,10H2,(H,22,25)(H,23,26). The number of rotatable bonds is 6. The van der Waals surface area contributed by atoms with Crippen molar-refractivity contribution in [3.63, 3.8) is 0 Å². The second-order valence-electron chi connectivity index (χ2n) is 6.00. The third-order valence-electron chi connectivity index (χ3n) is 4.05. The predicted octanol–water partition coefficient (Wildman–Crippen LogP) is 1.73. The van der Waals surface area contributed by atoms with Crippen LogP contribution >= 0.6 is 15.9 Å². The van der Waals surface area contributed by atoms with Crippen LogP contribution in [0.15, 0.2) is 46.9 Å². The second-order valence-corrected chi connectivity index (χ2v) is 6.92. The first kappa shape index (κ1) is 19.7. The number of carbonyl (C=O) groups excluding carboxylic acids is 4. The van der Waals surface area contributed by atoms with E-state index in [0.717, 1.165) is 11.0 Å². The summed E-state index contributed by atoms with van der Waals surface area (Å²) < 4.78 is 13.8. The maximum Gasteiger partial charge on any atom is 0.262 e. The summed E-state index contributed by atoms with van der Waals surface area (Å²) in [5.74, 6) is -2.58. The molecule has 9 heteroatoms. The Hall–Kier alpha value is -3.07. The third kappa shape index (κ3) is 4.25. The molecule has 0 bridgehead atoms. The van der Waals surface area contributed by atoms with Crippen LogP contribution in [0.4, 0.5) is 4.39 Å². The molecule has 0 atom stereocenters. The van der Waals surface area contributed by atoms with Gasteiger partial charge in [-0.25, -0.2) is 4.39 Å². The molecule has 4 amide bonds. The lowest BCUT2D eigenvalue weighted by Crippen LogP contribution is -2.42. The van der Waals surface area contributed by atoms with Crippen LogP contribution < -0.4 is 10.6 Å². The van der Waals surface area contributed by atoms with Crippen LogP contribution in [-0.2, 0) is 4.79 Å². The minimum Gasteiger partial charge on any atom is -0.353 e. The largest absolute Gasteiger partial charge is 0.353 e. The van der Waals surface area contributed by atoms with E-state index in [1.54, 1.807) is 6.07 Å². The number of imide groups is 1. The maximum absolute atomic E-state index is 13.1. The van der Waals surface area contributed by atoms with Crippen LogP contribution in [-0.4, -0.2) is 48.2 Å². The molecule has 0 aliphatic carbocycles. The SMILES string of the molecule is O=C(CN1C(=O)c2ccc(Br)cc2C1=O)NCCNC(=O)c1cccc(F)c1. The minimum atomic E-state index is -0.534. The van der Waals surface area contributed by atoms with Gasteiger partial charge < -0.3 is 10.6 Å². The fourth-order valence-electron chi connectivity index (χ4n) is 2.72. The van der Waals surface area contributed by atoms with Gasteiger partial charge in [0, 0.05) is 23.1 Å². The van der Waals surface area contributed by atoms with Crippen molar-refractivity contribution in [2.75, 3.05) is 19.6 Å². The number of nitrogens with one attached hydrogen (secondary N) is 2. The molecule has 1 aliphatic heterocycles. The van der Waals surface area contributed by atoms with Gasteiger partial charge in [0.15, 0.2) is 0 Å². The summed E-state index contributed by atoms with van der Waals surface area (Å²) in [5, 5.41) is 5.06. The van der Waals surface area contributed by atoms with Gasteiger partial charge in [0.25, 0.3) is 17.7 Å². The van der Waals surface area contributed by atoms with E-state index in [4.69, 9.17) is 0 Å². The second kappa shape index (κ2) is 8.30. The molecular weight excluding hydrogens is 433 g/mol. The van der Waals surface area contributed by atoms with Gasteiger partial charge in [-0.05, 0) is 36.4 Å². The minimum absolute atomic E-state index is 0.0919. The van der Waals surface area contributed by atoms with Gasteiger partial charge in [-0.3, -0.25) is 24.1 Å². The van der Waals surface area contributed by atoms with Gasteiger partial charge in [0.05, 0.1) is 11.1 Å². The zero-order chi connectivity index (χ0) is 20.3. The molecule has 0 saturated carbocycles. The van der Waals surface area contributed by atoms with E-state index in [2.05, 4.69) is 26.6 Å². The zero-order valence-electron chi connectivity index (χ0n) is 14.5. The molecule has 0 aromatic heterocycles. The van der Waals surface area contributed by atoms with E-state index in [1.165, 1.54) is 30.3 Å². The van der Waals surface area contributed by atoms with E-state index in [9.17, 15) is 23.6 Å². The Morgan fingerprint density at radius 2 is 1.68 bits per heavy atom. The molecule has 2 N–H and O–H groups in total. The Labute approximate surface area is 168 Å². The number of amides is 4. The van der Waals surface area contributed by atoms with Crippen LogP contribution in [0, 0.1) is 5.82 Å². The van der Waals surface area contributed by atoms with E-state index in [0.29, 0.717) is 4.47 Å². The highest BCUT2D eigenvalue weighted by Crippen LogP contribution is 2.25. The summed E-state index contributed by atoms with van der Waals surface area (Å²) in [6.07, 6.45) is 0.